The maximum absolute atomic E-state index is 13.0. The lowest BCUT2D eigenvalue weighted by atomic mass is 9.63. The normalized spacial score (nSPS) is 41.4. The summed E-state index contributed by atoms with van der Waals surface area (Å²) in [5.74, 6) is -17.5. The molecule has 1 saturated carbocycles. The van der Waals surface area contributed by atoms with E-state index in [0.717, 1.165) is 0 Å². The molecule has 0 aromatic heterocycles. The van der Waals surface area contributed by atoms with Crippen LogP contribution < -0.4 is 0 Å². The largest absolute Gasteiger partial charge is 0.479 e. The molecule has 17 heavy (non-hydrogen) atoms. The number of rotatable bonds is 2. The third kappa shape index (κ3) is 1.22. The molecule has 1 aliphatic carbocycles. The fourth-order valence-corrected chi connectivity index (χ4v) is 2.31. The van der Waals surface area contributed by atoms with Gasteiger partial charge in [-0.25, -0.2) is 9.59 Å². The van der Waals surface area contributed by atoms with Crippen LogP contribution in [0.1, 0.15) is 0 Å². The molecule has 9 heteroatoms. The van der Waals surface area contributed by atoms with Gasteiger partial charge in [-0.2, -0.15) is 17.6 Å². The number of carbonyl (C=O) groups is 2. The average molecular weight is 258 g/mol. The highest BCUT2D eigenvalue weighted by Gasteiger charge is 2.86. The van der Waals surface area contributed by atoms with Gasteiger partial charge >= 0.3 is 23.8 Å². The molecule has 1 aliphatic heterocycles. The van der Waals surface area contributed by atoms with Crippen molar-refractivity contribution >= 4 is 11.9 Å². The molecule has 1 heterocycles. The maximum atomic E-state index is 13.0. The molecule has 1 saturated heterocycles. The number of halogens is 4. The molecular formula is C8H6F4O5. The Kier molecular flexibility index (Phi) is 2.20. The van der Waals surface area contributed by atoms with Gasteiger partial charge in [0.05, 0.1) is 11.8 Å². The first kappa shape index (κ1) is 12.1. The van der Waals surface area contributed by atoms with Gasteiger partial charge < -0.3 is 14.9 Å². The Morgan fingerprint density at radius 1 is 0.882 bits per heavy atom. The lowest BCUT2D eigenvalue weighted by molar-refractivity contribution is -0.347. The Labute approximate surface area is 91.0 Å². The molecule has 2 aliphatic rings. The van der Waals surface area contributed by atoms with E-state index in [1.54, 1.807) is 0 Å². The number of alkyl halides is 4. The van der Waals surface area contributed by atoms with Crippen LogP contribution in [0, 0.1) is 11.8 Å². The zero-order chi connectivity index (χ0) is 13.2. The number of carboxylic acids is 2. The van der Waals surface area contributed by atoms with E-state index in [1.807, 2.05) is 0 Å². The van der Waals surface area contributed by atoms with Crippen LogP contribution in [0.2, 0.25) is 0 Å². The van der Waals surface area contributed by atoms with Crippen molar-refractivity contribution in [3.63, 3.8) is 0 Å². The minimum Gasteiger partial charge on any atom is -0.479 e. The Balaban J connectivity index is 2.39. The van der Waals surface area contributed by atoms with Crippen molar-refractivity contribution < 1.29 is 42.1 Å². The molecule has 0 aromatic carbocycles. The first-order valence-corrected chi connectivity index (χ1v) is 4.49. The summed E-state index contributed by atoms with van der Waals surface area (Å²) >= 11 is 0. The Hall–Kier alpha value is -1.38. The fraction of sp³-hybridized carbons (Fsp3) is 0.750. The molecule has 0 aromatic rings. The SMILES string of the molecule is O=C(O)[C@H]1O[C@H](C(=O)O)[C@@H]2[C@@H]1C(F)(F)C2(F)F. The van der Waals surface area contributed by atoms with Crippen LogP contribution >= 0.6 is 0 Å². The van der Waals surface area contributed by atoms with Crippen LogP contribution in [0.15, 0.2) is 0 Å². The lowest BCUT2D eigenvalue weighted by Crippen LogP contribution is -2.69. The highest BCUT2D eigenvalue weighted by atomic mass is 19.3. The van der Waals surface area contributed by atoms with Gasteiger partial charge in [-0.05, 0) is 0 Å². The van der Waals surface area contributed by atoms with Crippen LogP contribution in [-0.2, 0) is 14.3 Å². The zero-order valence-corrected chi connectivity index (χ0v) is 7.94. The van der Waals surface area contributed by atoms with Gasteiger partial charge in [0.1, 0.15) is 0 Å². The van der Waals surface area contributed by atoms with Gasteiger partial charge in [0, 0.05) is 0 Å². The molecule has 2 fully saturated rings. The fourth-order valence-electron chi connectivity index (χ4n) is 2.31. The zero-order valence-electron chi connectivity index (χ0n) is 7.94. The van der Waals surface area contributed by atoms with E-state index >= 15 is 0 Å². The monoisotopic (exact) mass is 258 g/mol. The second-order valence-electron chi connectivity index (χ2n) is 3.95. The van der Waals surface area contributed by atoms with Gasteiger partial charge in [0.15, 0.2) is 12.2 Å². The number of hydrogen-bond donors (Lipinski definition) is 2. The van der Waals surface area contributed by atoms with Crippen LogP contribution in [0.5, 0.6) is 0 Å². The van der Waals surface area contributed by atoms with Crippen molar-refractivity contribution in [2.24, 2.45) is 11.8 Å². The average Bonchev–Trinajstić information content (AvgIpc) is 2.56. The third-order valence-corrected chi connectivity index (χ3v) is 3.10. The summed E-state index contributed by atoms with van der Waals surface area (Å²) in [6, 6.07) is 0. The number of ether oxygens (including phenoxy) is 1. The van der Waals surface area contributed by atoms with Crippen LogP contribution in [-0.4, -0.2) is 46.2 Å². The molecule has 2 N–H and O–H groups in total. The standard InChI is InChI=1S/C8H6F4O5/c9-7(10)1-2(8(7,11)12)4(6(15)16)17-3(1)5(13)14/h1-4H,(H,13,14)(H,15,16)/t1-,2-,3-,4-/m0/s1. The van der Waals surface area contributed by atoms with E-state index in [0.29, 0.717) is 0 Å². The summed E-state index contributed by atoms with van der Waals surface area (Å²) in [5.41, 5.74) is 0. The molecule has 0 spiro atoms. The molecule has 0 amide bonds. The number of carboxylic acid groups (broad SMARTS) is 2. The van der Waals surface area contributed by atoms with Gasteiger partial charge in [0.2, 0.25) is 0 Å². The second kappa shape index (κ2) is 3.09. The van der Waals surface area contributed by atoms with Gasteiger partial charge in [0.25, 0.3) is 0 Å². The maximum Gasteiger partial charge on any atom is 0.333 e. The summed E-state index contributed by atoms with van der Waals surface area (Å²) in [6.45, 7) is 0. The minimum absolute atomic E-state index is 1.88. The van der Waals surface area contributed by atoms with Crippen LogP contribution in [0.3, 0.4) is 0 Å². The molecule has 0 radical (unpaired) electrons. The smallest absolute Gasteiger partial charge is 0.333 e. The first-order chi connectivity index (χ1) is 7.62. The number of aliphatic carboxylic acids is 2. The van der Waals surface area contributed by atoms with Crippen molar-refractivity contribution in [1.29, 1.82) is 0 Å². The van der Waals surface area contributed by atoms with E-state index in [-0.39, 0.29) is 0 Å². The molecule has 96 valence electrons. The van der Waals surface area contributed by atoms with Crippen molar-refractivity contribution in [1.82, 2.24) is 0 Å². The molecule has 2 rings (SSSR count). The Morgan fingerprint density at radius 3 is 1.41 bits per heavy atom. The second-order valence-corrected chi connectivity index (χ2v) is 3.95. The van der Waals surface area contributed by atoms with Crippen molar-refractivity contribution in [2.45, 2.75) is 24.1 Å². The summed E-state index contributed by atoms with van der Waals surface area (Å²) in [6.07, 6.45) is -4.45. The van der Waals surface area contributed by atoms with E-state index in [4.69, 9.17) is 10.2 Å². The summed E-state index contributed by atoms with van der Waals surface area (Å²) < 4.78 is 56.4. The number of fused-ring (bicyclic) bond motifs is 1. The van der Waals surface area contributed by atoms with Crippen molar-refractivity contribution in [3.05, 3.63) is 0 Å². The summed E-state index contributed by atoms with van der Waals surface area (Å²) in [7, 11) is 0. The van der Waals surface area contributed by atoms with Gasteiger partial charge in [-0.3, -0.25) is 0 Å². The van der Waals surface area contributed by atoms with Crippen molar-refractivity contribution in [3.8, 4) is 0 Å². The molecule has 0 bridgehead atoms. The van der Waals surface area contributed by atoms with Crippen LogP contribution in [0.4, 0.5) is 17.6 Å². The quantitative estimate of drug-likeness (QED) is 0.702. The van der Waals surface area contributed by atoms with Gasteiger partial charge in [-0.15, -0.1) is 0 Å². The molecule has 0 unspecified atom stereocenters. The summed E-state index contributed by atoms with van der Waals surface area (Å²) in [5, 5.41) is 17.1. The molecular weight excluding hydrogens is 252 g/mol. The highest BCUT2D eigenvalue weighted by molar-refractivity contribution is 5.79. The Bertz CT molecular complexity index is 359. The lowest BCUT2D eigenvalue weighted by Gasteiger charge is -2.48. The summed E-state index contributed by atoms with van der Waals surface area (Å²) in [4.78, 5) is 21.1. The van der Waals surface area contributed by atoms with E-state index < -0.39 is 47.8 Å². The molecule has 5 nitrogen and oxygen atoms in total. The minimum atomic E-state index is -4.56. The van der Waals surface area contributed by atoms with Gasteiger partial charge in [-0.1, -0.05) is 0 Å². The number of hydrogen-bond acceptors (Lipinski definition) is 3. The van der Waals surface area contributed by atoms with E-state index in [9.17, 15) is 27.2 Å². The first-order valence-electron chi connectivity index (χ1n) is 4.49. The highest BCUT2D eigenvalue weighted by Crippen LogP contribution is 2.65. The predicted octanol–water partition coefficient (Wildman–Crippen LogP) is 0.440. The topological polar surface area (TPSA) is 83.8 Å². The van der Waals surface area contributed by atoms with Crippen LogP contribution in [0.25, 0.3) is 0 Å². The third-order valence-electron chi connectivity index (χ3n) is 3.10. The Morgan fingerprint density at radius 2 is 1.18 bits per heavy atom. The van der Waals surface area contributed by atoms with E-state index in [1.165, 1.54) is 0 Å². The molecule has 4 atom stereocenters. The van der Waals surface area contributed by atoms with Crippen molar-refractivity contribution in [2.75, 3.05) is 0 Å². The predicted molar refractivity (Wildman–Crippen MR) is 40.8 cm³/mol. The van der Waals surface area contributed by atoms with E-state index in [2.05, 4.69) is 4.74 Å².